The number of nitriles is 8. The molecule has 0 saturated heterocycles. The quantitative estimate of drug-likeness (QED) is 0.110. The summed E-state index contributed by atoms with van der Waals surface area (Å²) < 4.78 is 106. The van der Waals surface area contributed by atoms with E-state index in [1.165, 1.54) is 52.9 Å². The second-order valence-corrected chi connectivity index (χ2v) is 10.9. The predicted octanol–water partition coefficient (Wildman–Crippen LogP) is 7.51. The minimum Gasteiger partial charge on any atom is -0.205 e. The summed E-state index contributed by atoms with van der Waals surface area (Å²) >= 11 is 1.20. The second kappa shape index (κ2) is 12.4. The second-order valence-electron chi connectivity index (χ2n) is 9.85. The van der Waals surface area contributed by atoms with Crippen molar-refractivity contribution in [2.75, 3.05) is 0 Å². The van der Waals surface area contributed by atoms with Gasteiger partial charge in [0, 0.05) is 33.4 Å². The molecule has 0 saturated carbocycles. The standard InChI is InChI=1S/C34H2F7IN8/c35-27-19(9-49)28(36)31(39)25(30(27)38)23-17(7-47)13-1-16-14(2-15(13)21(23)11(3-43)4-44)18(8-48)24(22(16)12(5-45)6-46)26-32(40)29(37)20(10-50)34(42)33(26)41/h1-2H. The van der Waals surface area contributed by atoms with E-state index in [0.29, 0.717) is 0 Å². The van der Waals surface area contributed by atoms with Crippen molar-refractivity contribution in [1.29, 1.82) is 42.1 Å². The highest BCUT2D eigenvalue weighted by Gasteiger charge is 2.42. The Bertz CT molecular complexity index is 2440. The smallest absolute Gasteiger partial charge is 0.180 e. The zero-order valence-corrected chi connectivity index (χ0v) is 25.9. The van der Waals surface area contributed by atoms with Crippen LogP contribution < -0.4 is 0 Å². The Morgan fingerprint density at radius 2 is 0.780 bits per heavy atom. The molecule has 0 radical (unpaired) electrons. The number of nitrogens with zero attached hydrogens (tertiary/aromatic N) is 8. The maximum Gasteiger partial charge on any atom is 0.180 e. The summed E-state index contributed by atoms with van der Waals surface area (Å²) in [6, 6.07) is 13.0. The summed E-state index contributed by atoms with van der Waals surface area (Å²) in [6.07, 6.45) is 0. The Labute approximate surface area is 288 Å². The molecule has 0 heterocycles. The van der Waals surface area contributed by atoms with E-state index in [1.807, 2.05) is 0 Å². The molecule has 0 spiro atoms. The first kappa shape index (κ1) is 34.1. The van der Waals surface area contributed by atoms with Gasteiger partial charge in [-0.2, -0.15) is 42.1 Å². The fourth-order valence-corrected chi connectivity index (χ4v) is 6.27. The molecular formula is C34H2F7IN8. The zero-order chi connectivity index (χ0) is 36.9. The summed E-state index contributed by atoms with van der Waals surface area (Å²) in [4.78, 5) is 0. The first-order chi connectivity index (χ1) is 23.8. The van der Waals surface area contributed by atoms with Crippen LogP contribution in [-0.2, 0) is 0 Å². The Morgan fingerprint density at radius 3 is 1.10 bits per heavy atom. The minimum atomic E-state index is -2.18. The van der Waals surface area contributed by atoms with Crippen LogP contribution in [0.1, 0.15) is 44.5 Å². The van der Waals surface area contributed by atoms with Crippen LogP contribution in [0, 0.1) is 135 Å². The van der Waals surface area contributed by atoms with Crippen LogP contribution in [-0.4, -0.2) is 0 Å². The van der Waals surface area contributed by atoms with Gasteiger partial charge in [-0.15, -0.1) is 0 Å². The monoisotopic (exact) mass is 782 g/mol. The van der Waals surface area contributed by atoms with Gasteiger partial charge >= 0.3 is 0 Å². The third kappa shape index (κ3) is 4.42. The molecule has 2 aliphatic rings. The number of halogens is 8. The molecular weight excluding hydrogens is 780 g/mol. The summed E-state index contributed by atoms with van der Waals surface area (Å²) in [5.41, 5.74) is -14.2. The largest absolute Gasteiger partial charge is 0.205 e. The van der Waals surface area contributed by atoms with Gasteiger partial charge in [0.05, 0.1) is 25.8 Å². The first-order valence-corrected chi connectivity index (χ1v) is 14.0. The first-order valence-electron chi connectivity index (χ1n) is 13.0. The molecule has 2 aliphatic carbocycles. The van der Waals surface area contributed by atoms with Crippen LogP contribution in [0.3, 0.4) is 0 Å². The third-order valence-electron chi connectivity index (χ3n) is 7.66. The molecule has 16 heteroatoms. The lowest BCUT2D eigenvalue weighted by Crippen LogP contribution is -2.07. The maximum absolute atomic E-state index is 15.8. The molecule has 0 N–H and O–H groups in total. The Kier molecular flexibility index (Phi) is 8.48. The Balaban J connectivity index is 2.02. The van der Waals surface area contributed by atoms with Gasteiger partial charge in [-0.1, -0.05) is 0 Å². The van der Waals surface area contributed by atoms with Crippen molar-refractivity contribution in [1.82, 2.24) is 0 Å². The topological polar surface area (TPSA) is 190 Å². The molecule has 0 amide bonds. The van der Waals surface area contributed by atoms with E-state index in [9.17, 15) is 45.6 Å². The van der Waals surface area contributed by atoms with Crippen molar-refractivity contribution >= 4 is 56.0 Å². The van der Waals surface area contributed by atoms with E-state index in [-0.39, 0.29) is 0 Å². The molecule has 0 aromatic heterocycles. The molecule has 3 aromatic rings. The van der Waals surface area contributed by atoms with Crippen molar-refractivity contribution in [3.63, 3.8) is 0 Å². The Morgan fingerprint density at radius 1 is 0.440 bits per heavy atom. The fraction of sp³-hybridized carbons (Fsp3) is 0. The number of benzene rings is 3. The van der Waals surface area contributed by atoms with Crippen molar-refractivity contribution in [2.24, 2.45) is 0 Å². The molecule has 0 aliphatic heterocycles. The van der Waals surface area contributed by atoms with Gasteiger partial charge in [0.15, 0.2) is 34.9 Å². The summed E-state index contributed by atoms with van der Waals surface area (Å²) in [5.74, 6) is -14.1. The van der Waals surface area contributed by atoms with Crippen LogP contribution in [0.2, 0.25) is 0 Å². The summed E-state index contributed by atoms with van der Waals surface area (Å²) in [6.45, 7) is 0. The van der Waals surface area contributed by atoms with Gasteiger partial charge in [-0.3, -0.25) is 0 Å². The van der Waals surface area contributed by atoms with Crippen molar-refractivity contribution < 1.29 is 30.7 Å². The number of rotatable bonds is 2. The predicted molar refractivity (Wildman–Crippen MR) is 162 cm³/mol. The molecule has 234 valence electrons. The lowest BCUT2D eigenvalue weighted by atomic mass is 9.89. The van der Waals surface area contributed by atoms with Crippen LogP contribution in [0.15, 0.2) is 23.3 Å². The number of fused-ring (bicyclic) bond motifs is 2. The van der Waals surface area contributed by atoms with Crippen LogP contribution in [0.4, 0.5) is 30.7 Å². The van der Waals surface area contributed by atoms with Gasteiger partial charge < -0.3 is 0 Å². The lowest BCUT2D eigenvalue weighted by molar-refractivity contribution is 0.447. The average molecular weight is 782 g/mol. The van der Waals surface area contributed by atoms with Gasteiger partial charge in [0.25, 0.3) is 0 Å². The van der Waals surface area contributed by atoms with Gasteiger partial charge in [0.1, 0.15) is 76.6 Å². The molecule has 50 heavy (non-hydrogen) atoms. The van der Waals surface area contributed by atoms with E-state index >= 15 is 22.0 Å². The normalized spacial score (nSPS) is 12.4. The molecule has 8 nitrogen and oxygen atoms in total. The highest BCUT2D eigenvalue weighted by Crippen LogP contribution is 2.55. The number of allylic oxidation sites excluding steroid dienone is 8. The summed E-state index contributed by atoms with van der Waals surface area (Å²) in [5, 5.41) is 77.9. The molecule has 3 aromatic carbocycles. The van der Waals surface area contributed by atoms with E-state index in [1.54, 1.807) is 12.1 Å². The minimum absolute atomic E-state index is 0.408. The van der Waals surface area contributed by atoms with Crippen LogP contribution >= 0.6 is 22.6 Å². The average Bonchev–Trinajstić information content (AvgIpc) is 3.59. The molecule has 0 unspecified atom stereocenters. The van der Waals surface area contributed by atoms with Crippen molar-refractivity contribution in [2.45, 2.75) is 0 Å². The van der Waals surface area contributed by atoms with E-state index < -0.39 is 133 Å². The Hall–Kier alpha value is -7.22. The molecule has 0 fully saturated rings. The molecule has 0 bridgehead atoms. The van der Waals surface area contributed by atoms with E-state index in [0.717, 1.165) is 18.2 Å². The third-order valence-corrected chi connectivity index (χ3v) is 8.67. The SMILES string of the molecule is N#CC(C#N)=C1C(c2c(F)c(F)c(C#N)c(F)c2F)=C(C#N)c2cc3c(cc21)C(C#N)=C(c1c(F)c(F)c(C#N)c(I)c1F)C3=C(C#N)C#N. The fourth-order valence-electron chi connectivity index (χ4n) is 5.64. The van der Waals surface area contributed by atoms with Gasteiger partial charge in [-0.25, -0.2) is 30.7 Å². The van der Waals surface area contributed by atoms with Crippen molar-refractivity contribution in [3.05, 3.63) is 112 Å². The van der Waals surface area contributed by atoms with E-state index in [4.69, 9.17) is 5.26 Å². The molecule has 0 atom stereocenters. The van der Waals surface area contributed by atoms with Crippen LogP contribution in [0.5, 0.6) is 0 Å². The van der Waals surface area contributed by atoms with Gasteiger partial charge in [0.2, 0.25) is 0 Å². The lowest BCUT2D eigenvalue weighted by Gasteiger charge is -2.13. The van der Waals surface area contributed by atoms with Crippen LogP contribution in [0.25, 0.3) is 33.4 Å². The molecule has 5 rings (SSSR count). The van der Waals surface area contributed by atoms with E-state index in [2.05, 4.69) is 0 Å². The van der Waals surface area contributed by atoms with Gasteiger partial charge in [-0.05, 0) is 45.9 Å². The highest BCUT2D eigenvalue weighted by molar-refractivity contribution is 14.1. The maximum atomic E-state index is 15.8. The zero-order valence-electron chi connectivity index (χ0n) is 23.8. The number of hydrogen-bond acceptors (Lipinski definition) is 8. The van der Waals surface area contributed by atoms with Crippen molar-refractivity contribution in [3.8, 4) is 48.6 Å². The summed E-state index contributed by atoms with van der Waals surface area (Å²) in [7, 11) is 0. The number of hydrogen-bond donors (Lipinski definition) is 0. The highest BCUT2D eigenvalue weighted by atomic mass is 127.